The molecule has 4 heteroatoms. The normalized spacial score (nSPS) is 11.2. The molecule has 3 nitrogen and oxygen atoms in total. The van der Waals surface area contributed by atoms with Crippen LogP contribution < -0.4 is 5.32 Å². The third-order valence-corrected chi connectivity index (χ3v) is 2.35. The lowest BCUT2D eigenvalue weighted by molar-refractivity contribution is -0.117. The topological polar surface area (TPSA) is 49.3 Å². The number of amides is 1. The van der Waals surface area contributed by atoms with Crippen molar-refractivity contribution in [1.82, 2.24) is 0 Å². The van der Waals surface area contributed by atoms with Crippen LogP contribution in [0.2, 0.25) is 0 Å². The smallest absolute Gasteiger partial charge is 0.240 e. The van der Waals surface area contributed by atoms with Crippen molar-refractivity contribution in [1.29, 1.82) is 0 Å². The summed E-state index contributed by atoms with van der Waals surface area (Å²) in [6.07, 6.45) is 0. The number of nitrogens with one attached hydrogen (secondary N) is 1. The largest absolute Gasteiger partial charge is 0.508 e. The first-order valence-electron chi connectivity index (χ1n) is 4.60. The summed E-state index contributed by atoms with van der Waals surface area (Å²) in [7, 11) is 0. The standard InChI is InChI=1S/C11H14BrNO2/c1-7-6-8(4-5-9(7)14)13-10(15)11(2,3)12/h4-6,14H,1-3H3,(H,13,15). The van der Waals surface area contributed by atoms with E-state index in [2.05, 4.69) is 21.2 Å². The highest BCUT2D eigenvalue weighted by Crippen LogP contribution is 2.23. The fraction of sp³-hybridized carbons (Fsp3) is 0.364. The van der Waals surface area contributed by atoms with E-state index >= 15 is 0 Å². The minimum atomic E-state index is -0.598. The maximum Gasteiger partial charge on any atom is 0.240 e. The van der Waals surface area contributed by atoms with Crippen LogP contribution in [0.15, 0.2) is 18.2 Å². The van der Waals surface area contributed by atoms with Gasteiger partial charge in [-0.25, -0.2) is 0 Å². The number of rotatable bonds is 2. The highest BCUT2D eigenvalue weighted by Gasteiger charge is 2.23. The SMILES string of the molecule is Cc1cc(NC(=O)C(C)(C)Br)ccc1O. The molecule has 0 fully saturated rings. The van der Waals surface area contributed by atoms with Gasteiger partial charge in [-0.2, -0.15) is 0 Å². The molecule has 1 aromatic rings. The van der Waals surface area contributed by atoms with Crippen LogP contribution in [0.4, 0.5) is 5.69 Å². The summed E-state index contributed by atoms with van der Waals surface area (Å²) >= 11 is 3.27. The molecule has 2 N–H and O–H groups in total. The first-order chi connectivity index (χ1) is 6.80. The Hall–Kier alpha value is -1.03. The van der Waals surface area contributed by atoms with Gasteiger partial charge in [0.15, 0.2) is 0 Å². The monoisotopic (exact) mass is 271 g/mol. The summed E-state index contributed by atoms with van der Waals surface area (Å²) in [6, 6.07) is 4.96. The van der Waals surface area contributed by atoms with E-state index in [1.807, 2.05) is 0 Å². The zero-order valence-electron chi connectivity index (χ0n) is 8.97. The van der Waals surface area contributed by atoms with Crippen molar-refractivity contribution in [2.24, 2.45) is 0 Å². The first-order valence-corrected chi connectivity index (χ1v) is 5.40. The molecule has 1 aromatic carbocycles. The fourth-order valence-electron chi connectivity index (χ4n) is 1.01. The van der Waals surface area contributed by atoms with Gasteiger partial charge < -0.3 is 10.4 Å². The summed E-state index contributed by atoms with van der Waals surface area (Å²) in [5.74, 6) is 0.110. The van der Waals surface area contributed by atoms with E-state index in [0.717, 1.165) is 5.56 Å². The number of carbonyl (C=O) groups is 1. The molecule has 1 amide bonds. The average molecular weight is 272 g/mol. The maximum absolute atomic E-state index is 11.6. The van der Waals surface area contributed by atoms with Crippen LogP contribution >= 0.6 is 15.9 Å². The minimum absolute atomic E-state index is 0.118. The molecule has 0 heterocycles. The molecule has 82 valence electrons. The molecule has 0 saturated carbocycles. The van der Waals surface area contributed by atoms with Crippen LogP contribution in [0.5, 0.6) is 5.75 Å². The molecular weight excluding hydrogens is 258 g/mol. The number of anilines is 1. The number of benzene rings is 1. The Balaban J connectivity index is 2.83. The van der Waals surface area contributed by atoms with Gasteiger partial charge in [0.25, 0.3) is 0 Å². The van der Waals surface area contributed by atoms with E-state index in [4.69, 9.17) is 0 Å². The molecule has 0 unspecified atom stereocenters. The third-order valence-electron chi connectivity index (χ3n) is 1.99. The second kappa shape index (κ2) is 4.23. The van der Waals surface area contributed by atoms with Crippen LogP contribution in [-0.4, -0.2) is 15.3 Å². The number of hydrogen-bond donors (Lipinski definition) is 2. The Kier molecular flexibility index (Phi) is 3.39. The predicted molar refractivity (Wildman–Crippen MR) is 64.5 cm³/mol. The molecule has 0 atom stereocenters. The molecule has 0 radical (unpaired) electrons. The molecule has 0 saturated heterocycles. The summed E-state index contributed by atoms with van der Waals surface area (Å²) in [5.41, 5.74) is 1.42. The van der Waals surface area contributed by atoms with Crippen molar-refractivity contribution >= 4 is 27.5 Å². The summed E-state index contributed by atoms with van der Waals surface area (Å²) in [4.78, 5) is 11.6. The number of alkyl halides is 1. The molecular formula is C11H14BrNO2. The van der Waals surface area contributed by atoms with Crippen LogP contribution in [0.1, 0.15) is 19.4 Å². The van der Waals surface area contributed by atoms with Gasteiger partial charge in [0.1, 0.15) is 5.75 Å². The van der Waals surface area contributed by atoms with E-state index < -0.39 is 4.32 Å². The Morgan fingerprint density at radius 1 is 1.47 bits per heavy atom. The van der Waals surface area contributed by atoms with Crippen molar-refractivity contribution in [2.75, 3.05) is 5.32 Å². The van der Waals surface area contributed by atoms with Crippen molar-refractivity contribution in [3.63, 3.8) is 0 Å². The fourth-order valence-corrected chi connectivity index (χ4v) is 1.11. The first kappa shape index (κ1) is 12.0. The second-order valence-corrected chi connectivity index (χ2v) is 5.91. The van der Waals surface area contributed by atoms with E-state index in [0.29, 0.717) is 5.69 Å². The summed E-state index contributed by atoms with van der Waals surface area (Å²) < 4.78 is -0.598. The van der Waals surface area contributed by atoms with Gasteiger partial charge in [0, 0.05) is 5.69 Å². The Labute approximate surface area is 97.6 Å². The van der Waals surface area contributed by atoms with E-state index in [1.165, 1.54) is 0 Å². The highest BCUT2D eigenvalue weighted by molar-refractivity contribution is 9.10. The van der Waals surface area contributed by atoms with Gasteiger partial charge in [0.05, 0.1) is 4.32 Å². The van der Waals surface area contributed by atoms with Gasteiger partial charge >= 0.3 is 0 Å². The zero-order chi connectivity index (χ0) is 11.6. The molecule has 0 aromatic heterocycles. The number of phenols is 1. The van der Waals surface area contributed by atoms with E-state index in [9.17, 15) is 9.90 Å². The zero-order valence-corrected chi connectivity index (χ0v) is 10.6. The lowest BCUT2D eigenvalue weighted by Gasteiger charge is -2.16. The maximum atomic E-state index is 11.6. The van der Waals surface area contributed by atoms with Crippen molar-refractivity contribution in [3.05, 3.63) is 23.8 Å². The molecule has 0 aliphatic carbocycles. The number of phenolic OH excluding ortho intramolecular Hbond substituents is 1. The molecule has 1 rings (SSSR count). The number of halogens is 1. The van der Waals surface area contributed by atoms with Crippen LogP contribution in [0.3, 0.4) is 0 Å². The molecule has 0 bridgehead atoms. The number of hydrogen-bond acceptors (Lipinski definition) is 2. The summed E-state index contributed by atoms with van der Waals surface area (Å²) in [6.45, 7) is 5.33. The van der Waals surface area contributed by atoms with Gasteiger partial charge in [0.2, 0.25) is 5.91 Å². The Bertz CT molecular complexity index is 383. The van der Waals surface area contributed by atoms with E-state index in [1.54, 1.807) is 39.0 Å². The number of aromatic hydroxyl groups is 1. The Morgan fingerprint density at radius 3 is 2.53 bits per heavy atom. The van der Waals surface area contributed by atoms with Crippen LogP contribution in [-0.2, 0) is 4.79 Å². The summed E-state index contributed by atoms with van der Waals surface area (Å²) in [5, 5.41) is 12.1. The van der Waals surface area contributed by atoms with Gasteiger partial charge in [-0.15, -0.1) is 0 Å². The lowest BCUT2D eigenvalue weighted by Crippen LogP contribution is -2.30. The second-order valence-electron chi connectivity index (χ2n) is 3.93. The lowest BCUT2D eigenvalue weighted by atomic mass is 10.1. The van der Waals surface area contributed by atoms with Crippen molar-refractivity contribution in [2.45, 2.75) is 25.1 Å². The highest BCUT2D eigenvalue weighted by atomic mass is 79.9. The van der Waals surface area contributed by atoms with Crippen molar-refractivity contribution < 1.29 is 9.90 Å². The molecule has 0 aliphatic heterocycles. The van der Waals surface area contributed by atoms with Crippen LogP contribution in [0, 0.1) is 6.92 Å². The molecule has 0 spiro atoms. The third kappa shape index (κ3) is 3.23. The van der Waals surface area contributed by atoms with Gasteiger partial charge in [-0.3, -0.25) is 4.79 Å². The molecule has 0 aliphatic rings. The average Bonchev–Trinajstić information content (AvgIpc) is 2.10. The van der Waals surface area contributed by atoms with Gasteiger partial charge in [-0.1, -0.05) is 15.9 Å². The van der Waals surface area contributed by atoms with Crippen LogP contribution in [0.25, 0.3) is 0 Å². The number of carbonyl (C=O) groups excluding carboxylic acids is 1. The predicted octanol–water partition coefficient (Wildman–Crippen LogP) is 2.81. The van der Waals surface area contributed by atoms with Gasteiger partial charge in [-0.05, 0) is 44.5 Å². The minimum Gasteiger partial charge on any atom is -0.508 e. The quantitative estimate of drug-likeness (QED) is 0.642. The Morgan fingerprint density at radius 2 is 2.07 bits per heavy atom. The molecule has 15 heavy (non-hydrogen) atoms. The van der Waals surface area contributed by atoms with Crippen molar-refractivity contribution in [3.8, 4) is 5.75 Å². The van der Waals surface area contributed by atoms with E-state index in [-0.39, 0.29) is 11.7 Å². The number of aryl methyl sites for hydroxylation is 1.